The molecule has 0 unspecified atom stereocenters. The predicted octanol–water partition coefficient (Wildman–Crippen LogP) is 1.40. The van der Waals surface area contributed by atoms with Crippen LogP contribution >= 0.6 is 0 Å². The van der Waals surface area contributed by atoms with Crippen molar-refractivity contribution in [2.24, 2.45) is 5.92 Å². The van der Waals surface area contributed by atoms with E-state index in [9.17, 15) is 19.8 Å². The minimum absolute atomic E-state index is 0.0483. The fraction of sp³-hybridized carbons (Fsp3) is 0.500. The molecule has 1 aliphatic rings. The average Bonchev–Trinajstić information content (AvgIpc) is 3.15. The molecule has 0 aromatic heterocycles. The quantitative estimate of drug-likeness (QED) is 0.581. The number of likely N-dealkylation sites (tertiary alicyclic amines) is 1. The Morgan fingerprint density at radius 1 is 1.35 bits per heavy atom. The van der Waals surface area contributed by atoms with E-state index < -0.39 is 12.0 Å². The van der Waals surface area contributed by atoms with E-state index in [1.165, 1.54) is 0 Å². The Hall–Kier alpha value is -2.18. The second-order valence-corrected chi connectivity index (χ2v) is 6.66. The van der Waals surface area contributed by atoms with Gasteiger partial charge in [0.15, 0.2) is 0 Å². The normalized spacial score (nSPS) is 19.0. The molecule has 0 spiro atoms. The van der Waals surface area contributed by atoms with Gasteiger partial charge in [-0.25, -0.2) is 0 Å². The largest absolute Gasteiger partial charge is 0.394 e. The van der Waals surface area contributed by atoms with Crippen LogP contribution in [0, 0.1) is 5.92 Å². The van der Waals surface area contributed by atoms with Crippen LogP contribution in [0.1, 0.15) is 37.4 Å². The Morgan fingerprint density at radius 2 is 2.08 bits per heavy atom. The lowest BCUT2D eigenvalue weighted by Gasteiger charge is -2.25. The third-order valence-electron chi connectivity index (χ3n) is 4.81. The first-order valence-corrected chi connectivity index (χ1v) is 9.08. The summed E-state index contributed by atoms with van der Waals surface area (Å²) in [4.78, 5) is 26.7. The zero-order valence-electron chi connectivity index (χ0n) is 15.0. The SMILES string of the molecule is C=CC[C@H](CC(=O)N1CCC[C@H]1CO)C(=O)NC[C@@H](O)c1ccccc1. The fourth-order valence-corrected chi connectivity index (χ4v) is 3.30. The lowest BCUT2D eigenvalue weighted by Crippen LogP contribution is -2.41. The number of benzene rings is 1. The maximum absolute atomic E-state index is 12.5. The molecule has 0 saturated carbocycles. The van der Waals surface area contributed by atoms with E-state index >= 15 is 0 Å². The lowest BCUT2D eigenvalue weighted by atomic mass is 9.99. The summed E-state index contributed by atoms with van der Waals surface area (Å²) in [5.74, 6) is -0.914. The van der Waals surface area contributed by atoms with Crippen LogP contribution in [0.2, 0.25) is 0 Å². The van der Waals surface area contributed by atoms with Crippen LogP contribution in [0.5, 0.6) is 0 Å². The number of rotatable bonds is 9. The summed E-state index contributed by atoms with van der Waals surface area (Å²) in [5.41, 5.74) is 0.729. The van der Waals surface area contributed by atoms with Crippen molar-refractivity contribution in [1.29, 1.82) is 0 Å². The van der Waals surface area contributed by atoms with E-state index in [1.807, 2.05) is 18.2 Å². The fourth-order valence-electron chi connectivity index (χ4n) is 3.30. The average molecular weight is 360 g/mol. The van der Waals surface area contributed by atoms with Gasteiger partial charge in [-0.05, 0) is 24.8 Å². The Labute approximate surface area is 154 Å². The number of aliphatic hydroxyl groups excluding tert-OH is 2. The summed E-state index contributed by atoms with van der Waals surface area (Å²) in [5, 5.41) is 22.3. The van der Waals surface area contributed by atoms with Crippen molar-refractivity contribution >= 4 is 11.8 Å². The van der Waals surface area contributed by atoms with Gasteiger partial charge in [-0.15, -0.1) is 6.58 Å². The Kier molecular flexibility index (Phi) is 7.81. The lowest BCUT2D eigenvalue weighted by molar-refractivity contribution is -0.137. The van der Waals surface area contributed by atoms with Crippen LogP contribution in [-0.4, -0.2) is 52.7 Å². The van der Waals surface area contributed by atoms with Crippen molar-refractivity contribution in [1.82, 2.24) is 10.2 Å². The minimum Gasteiger partial charge on any atom is -0.394 e. The van der Waals surface area contributed by atoms with E-state index in [0.29, 0.717) is 13.0 Å². The summed E-state index contributed by atoms with van der Waals surface area (Å²) in [7, 11) is 0. The minimum atomic E-state index is -0.794. The number of aliphatic hydroxyl groups is 2. The molecule has 1 aromatic carbocycles. The number of allylic oxidation sites excluding steroid dienone is 1. The van der Waals surface area contributed by atoms with Crippen LogP contribution in [0.25, 0.3) is 0 Å². The monoisotopic (exact) mass is 360 g/mol. The highest BCUT2D eigenvalue weighted by Gasteiger charge is 2.31. The van der Waals surface area contributed by atoms with Gasteiger partial charge in [0.2, 0.25) is 11.8 Å². The second kappa shape index (κ2) is 10.1. The van der Waals surface area contributed by atoms with Gasteiger partial charge in [0.25, 0.3) is 0 Å². The Morgan fingerprint density at radius 3 is 2.73 bits per heavy atom. The molecule has 3 atom stereocenters. The molecule has 142 valence electrons. The molecule has 1 aromatic rings. The van der Waals surface area contributed by atoms with Gasteiger partial charge in [0, 0.05) is 19.5 Å². The van der Waals surface area contributed by atoms with E-state index in [-0.39, 0.29) is 37.4 Å². The smallest absolute Gasteiger partial charge is 0.224 e. The van der Waals surface area contributed by atoms with Crippen molar-refractivity contribution in [3.8, 4) is 0 Å². The summed E-state index contributed by atoms with van der Waals surface area (Å²) in [6, 6.07) is 8.96. The second-order valence-electron chi connectivity index (χ2n) is 6.66. The van der Waals surface area contributed by atoms with Gasteiger partial charge in [-0.1, -0.05) is 36.4 Å². The van der Waals surface area contributed by atoms with Gasteiger partial charge >= 0.3 is 0 Å². The van der Waals surface area contributed by atoms with Crippen molar-refractivity contribution in [3.05, 3.63) is 48.6 Å². The molecular formula is C20H28N2O4. The highest BCUT2D eigenvalue weighted by Crippen LogP contribution is 2.21. The standard InChI is InChI=1S/C20H28N2O4/c1-2-7-16(12-19(25)22-11-6-10-17(22)14-23)20(26)21-13-18(24)15-8-4-3-5-9-15/h2-5,8-9,16-18,23-24H,1,6-7,10-14H2,(H,21,26)/t16-,17+,18-/m1/s1. The molecule has 26 heavy (non-hydrogen) atoms. The van der Waals surface area contributed by atoms with E-state index in [1.54, 1.807) is 23.1 Å². The van der Waals surface area contributed by atoms with Crippen LogP contribution in [-0.2, 0) is 9.59 Å². The Bertz CT molecular complexity index is 605. The number of nitrogens with zero attached hydrogens (tertiary/aromatic N) is 1. The zero-order valence-corrected chi connectivity index (χ0v) is 15.0. The molecule has 3 N–H and O–H groups in total. The number of nitrogens with one attached hydrogen (secondary N) is 1. The number of amides is 2. The molecule has 2 amide bonds. The summed E-state index contributed by atoms with van der Waals surface area (Å²) < 4.78 is 0. The number of carbonyl (C=O) groups excluding carboxylic acids is 2. The molecular weight excluding hydrogens is 332 g/mol. The molecule has 1 heterocycles. The van der Waals surface area contributed by atoms with Gasteiger partial charge in [-0.3, -0.25) is 9.59 Å². The van der Waals surface area contributed by atoms with Crippen molar-refractivity contribution in [2.75, 3.05) is 19.7 Å². The molecule has 0 radical (unpaired) electrons. The summed E-state index contributed by atoms with van der Waals surface area (Å²) in [6.45, 7) is 4.33. The van der Waals surface area contributed by atoms with Crippen LogP contribution < -0.4 is 5.32 Å². The third-order valence-corrected chi connectivity index (χ3v) is 4.81. The first-order chi connectivity index (χ1) is 12.6. The predicted molar refractivity (Wildman–Crippen MR) is 99.2 cm³/mol. The summed E-state index contributed by atoms with van der Waals surface area (Å²) >= 11 is 0. The zero-order chi connectivity index (χ0) is 18.9. The maximum atomic E-state index is 12.5. The van der Waals surface area contributed by atoms with Gasteiger partial charge in [0.05, 0.1) is 24.7 Å². The van der Waals surface area contributed by atoms with E-state index in [4.69, 9.17) is 0 Å². The molecule has 0 aliphatic carbocycles. The summed E-state index contributed by atoms with van der Waals surface area (Å²) in [6.07, 6.45) is 2.96. The number of hydrogen-bond donors (Lipinski definition) is 3. The van der Waals surface area contributed by atoms with Gasteiger partial charge < -0.3 is 20.4 Å². The molecule has 1 aliphatic heterocycles. The number of carbonyl (C=O) groups is 2. The molecule has 6 nitrogen and oxygen atoms in total. The van der Waals surface area contributed by atoms with E-state index in [2.05, 4.69) is 11.9 Å². The van der Waals surface area contributed by atoms with Crippen molar-refractivity contribution in [2.45, 2.75) is 37.8 Å². The first-order valence-electron chi connectivity index (χ1n) is 9.08. The van der Waals surface area contributed by atoms with Crippen molar-refractivity contribution in [3.63, 3.8) is 0 Å². The highest BCUT2D eigenvalue weighted by atomic mass is 16.3. The van der Waals surface area contributed by atoms with E-state index in [0.717, 1.165) is 18.4 Å². The molecule has 1 saturated heterocycles. The van der Waals surface area contributed by atoms with Crippen LogP contribution in [0.15, 0.2) is 43.0 Å². The topological polar surface area (TPSA) is 89.9 Å². The van der Waals surface area contributed by atoms with Crippen LogP contribution in [0.4, 0.5) is 0 Å². The molecule has 0 bridgehead atoms. The van der Waals surface area contributed by atoms with Gasteiger partial charge in [0.1, 0.15) is 0 Å². The molecule has 1 fully saturated rings. The first kappa shape index (κ1) is 20.1. The maximum Gasteiger partial charge on any atom is 0.224 e. The molecule has 2 rings (SSSR count). The third kappa shape index (κ3) is 5.41. The van der Waals surface area contributed by atoms with Gasteiger partial charge in [-0.2, -0.15) is 0 Å². The van der Waals surface area contributed by atoms with Crippen molar-refractivity contribution < 1.29 is 19.8 Å². The Balaban J connectivity index is 1.90. The number of hydrogen-bond acceptors (Lipinski definition) is 4. The highest BCUT2D eigenvalue weighted by molar-refractivity contribution is 5.86. The molecule has 6 heteroatoms. The van der Waals surface area contributed by atoms with Crippen LogP contribution in [0.3, 0.4) is 0 Å².